The van der Waals surface area contributed by atoms with Crippen molar-refractivity contribution in [1.82, 2.24) is 9.97 Å². The Morgan fingerprint density at radius 3 is 2.50 bits per heavy atom. The van der Waals surface area contributed by atoms with Crippen LogP contribution in [-0.2, 0) is 4.79 Å². The molecule has 1 aromatic heterocycles. The van der Waals surface area contributed by atoms with E-state index in [1.54, 1.807) is 6.07 Å². The highest BCUT2D eigenvalue weighted by atomic mass is 16.5. The first kappa shape index (κ1) is 15.6. The summed E-state index contributed by atoms with van der Waals surface area (Å²) in [7, 11) is 4.54. The smallest absolute Gasteiger partial charge is 0.305 e. The minimum Gasteiger partial charge on any atom is -0.493 e. The van der Waals surface area contributed by atoms with Crippen LogP contribution in [0.4, 0.5) is 5.82 Å². The van der Waals surface area contributed by atoms with Gasteiger partial charge in [-0.2, -0.15) is 0 Å². The van der Waals surface area contributed by atoms with Gasteiger partial charge in [0.1, 0.15) is 17.7 Å². The van der Waals surface area contributed by atoms with E-state index in [-0.39, 0.29) is 13.0 Å². The van der Waals surface area contributed by atoms with Crippen molar-refractivity contribution in [2.75, 3.05) is 33.2 Å². The number of nitrogens with one attached hydrogen (secondary N) is 1. The maximum Gasteiger partial charge on any atom is 0.305 e. The predicted molar refractivity (Wildman–Crippen MR) is 79.9 cm³/mol. The van der Waals surface area contributed by atoms with E-state index in [4.69, 9.17) is 19.3 Å². The minimum atomic E-state index is -0.886. The molecule has 0 spiro atoms. The fraction of sp³-hybridized carbons (Fsp3) is 0.357. The zero-order valence-electron chi connectivity index (χ0n) is 12.5. The second kappa shape index (κ2) is 6.79. The lowest BCUT2D eigenvalue weighted by Crippen LogP contribution is -2.09. The molecule has 0 aliphatic rings. The second-order valence-electron chi connectivity index (χ2n) is 4.33. The average Bonchev–Trinajstić information content (AvgIpc) is 2.52. The van der Waals surface area contributed by atoms with E-state index in [1.807, 2.05) is 0 Å². The Morgan fingerprint density at radius 1 is 1.18 bits per heavy atom. The third-order valence-corrected chi connectivity index (χ3v) is 3.06. The summed E-state index contributed by atoms with van der Waals surface area (Å²) in [5.41, 5.74) is 0.549. The molecule has 0 radical (unpaired) electrons. The lowest BCUT2D eigenvalue weighted by Gasteiger charge is -2.15. The van der Waals surface area contributed by atoms with Crippen LogP contribution >= 0.6 is 0 Å². The Hall–Kier alpha value is -2.77. The molecule has 0 fully saturated rings. The number of carboxylic acids is 1. The number of carboxylic acid groups (broad SMARTS) is 1. The van der Waals surface area contributed by atoms with Crippen LogP contribution in [0.5, 0.6) is 17.2 Å². The van der Waals surface area contributed by atoms with Gasteiger partial charge in [-0.3, -0.25) is 4.79 Å². The molecule has 0 amide bonds. The van der Waals surface area contributed by atoms with Gasteiger partial charge in [-0.05, 0) is 6.07 Å². The zero-order valence-corrected chi connectivity index (χ0v) is 12.5. The van der Waals surface area contributed by atoms with Gasteiger partial charge in [0, 0.05) is 6.54 Å². The first-order valence-corrected chi connectivity index (χ1v) is 6.51. The summed E-state index contributed by atoms with van der Waals surface area (Å²) >= 11 is 0. The van der Waals surface area contributed by atoms with Crippen molar-refractivity contribution in [2.24, 2.45) is 0 Å². The molecule has 0 bridgehead atoms. The molecule has 0 atom stereocenters. The Labute approximate surface area is 127 Å². The number of hydrogen-bond acceptors (Lipinski definition) is 7. The van der Waals surface area contributed by atoms with Gasteiger partial charge >= 0.3 is 5.97 Å². The average molecular weight is 307 g/mol. The Morgan fingerprint density at radius 2 is 1.91 bits per heavy atom. The van der Waals surface area contributed by atoms with Crippen molar-refractivity contribution >= 4 is 22.7 Å². The van der Waals surface area contributed by atoms with E-state index >= 15 is 0 Å². The molecule has 0 saturated carbocycles. The summed E-state index contributed by atoms with van der Waals surface area (Å²) in [6.07, 6.45) is 1.36. The van der Waals surface area contributed by atoms with Crippen LogP contribution in [0.15, 0.2) is 12.4 Å². The monoisotopic (exact) mass is 307 g/mol. The molecule has 1 heterocycles. The third-order valence-electron chi connectivity index (χ3n) is 3.06. The number of rotatable bonds is 7. The lowest BCUT2D eigenvalue weighted by atomic mass is 10.2. The standard InChI is InChI=1S/C14H17N3O5/c1-20-9-6-8-11(13(22-3)12(9)21-2)16-7-17-14(8)15-5-4-10(18)19/h6-7H,4-5H2,1-3H3,(H,18,19)(H,15,16,17). The van der Waals surface area contributed by atoms with Crippen LogP contribution in [0, 0.1) is 0 Å². The van der Waals surface area contributed by atoms with Gasteiger partial charge in [0.2, 0.25) is 5.75 Å². The fourth-order valence-electron chi connectivity index (χ4n) is 2.09. The molecule has 0 saturated heterocycles. The van der Waals surface area contributed by atoms with Crippen LogP contribution in [0.2, 0.25) is 0 Å². The molecular formula is C14H17N3O5. The molecule has 2 N–H and O–H groups in total. The van der Waals surface area contributed by atoms with Crippen molar-refractivity contribution in [3.05, 3.63) is 12.4 Å². The maximum atomic E-state index is 10.6. The van der Waals surface area contributed by atoms with E-state index in [1.165, 1.54) is 27.7 Å². The van der Waals surface area contributed by atoms with Gasteiger partial charge in [0.25, 0.3) is 0 Å². The van der Waals surface area contributed by atoms with Crippen LogP contribution in [-0.4, -0.2) is 48.9 Å². The first-order chi connectivity index (χ1) is 10.6. The maximum absolute atomic E-state index is 10.6. The summed E-state index contributed by atoms with van der Waals surface area (Å²) in [4.78, 5) is 19.0. The number of hydrogen-bond donors (Lipinski definition) is 2. The highest BCUT2D eigenvalue weighted by molar-refractivity contribution is 5.96. The largest absolute Gasteiger partial charge is 0.493 e. The number of carbonyl (C=O) groups is 1. The highest BCUT2D eigenvalue weighted by Gasteiger charge is 2.19. The van der Waals surface area contributed by atoms with Crippen LogP contribution in [0.3, 0.4) is 0 Å². The van der Waals surface area contributed by atoms with Crippen molar-refractivity contribution in [3.63, 3.8) is 0 Å². The summed E-state index contributed by atoms with van der Waals surface area (Å²) in [6, 6.07) is 1.72. The van der Waals surface area contributed by atoms with Gasteiger partial charge in [0.05, 0.1) is 33.1 Å². The number of ether oxygens (including phenoxy) is 3. The van der Waals surface area contributed by atoms with Gasteiger partial charge in [-0.15, -0.1) is 0 Å². The fourth-order valence-corrected chi connectivity index (χ4v) is 2.09. The first-order valence-electron chi connectivity index (χ1n) is 6.51. The molecule has 118 valence electrons. The predicted octanol–water partition coefficient (Wildman–Crippen LogP) is 1.54. The minimum absolute atomic E-state index is 0.0179. The summed E-state index contributed by atoms with van der Waals surface area (Å²) in [5.74, 6) is 0.962. The van der Waals surface area contributed by atoms with Crippen molar-refractivity contribution in [1.29, 1.82) is 0 Å². The number of nitrogens with zero attached hydrogens (tertiary/aromatic N) is 2. The number of fused-ring (bicyclic) bond motifs is 1. The number of benzene rings is 1. The van der Waals surface area contributed by atoms with Gasteiger partial charge in [0.15, 0.2) is 11.5 Å². The molecule has 8 heteroatoms. The van der Waals surface area contributed by atoms with E-state index in [2.05, 4.69) is 15.3 Å². The van der Waals surface area contributed by atoms with Gasteiger partial charge < -0.3 is 24.6 Å². The number of aromatic nitrogens is 2. The molecule has 0 aliphatic heterocycles. The molecular weight excluding hydrogens is 290 g/mol. The Kier molecular flexibility index (Phi) is 4.82. The molecule has 2 aromatic rings. The Balaban J connectivity index is 2.53. The van der Waals surface area contributed by atoms with E-state index in [0.717, 1.165) is 0 Å². The molecule has 22 heavy (non-hydrogen) atoms. The zero-order chi connectivity index (χ0) is 16.1. The molecule has 8 nitrogen and oxygen atoms in total. The van der Waals surface area contributed by atoms with Crippen LogP contribution in [0.25, 0.3) is 10.9 Å². The normalized spacial score (nSPS) is 10.3. The number of aliphatic carboxylic acids is 1. The topological polar surface area (TPSA) is 103 Å². The quantitative estimate of drug-likeness (QED) is 0.794. The second-order valence-corrected chi connectivity index (χ2v) is 4.33. The SMILES string of the molecule is COc1cc2c(NCCC(=O)O)ncnc2c(OC)c1OC. The Bertz CT molecular complexity index is 690. The highest BCUT2D eigenvalue weighted by Crippen LogP contribution is 2.43. The van der Waals surface area contributed by atoms with E-state index in [9.17, 15) is 4.79 Å². The number of methoxy groups -OCH3 is 3. The number of anilines is 1. The van der Waals surface area contributed by atoms with Gasteiger partial charge in [-0.25, -0.2) is 9.97 Å². The van der Waals surface area contributed by atoms with Crippen molar-refractivity contribution in [3.8, 4) is 17.2 Å². The molecule has 0 unspecified atom stereocenters. The molecule has 0 aliphatic carbocycles. The van der Waals surface area contributed by atoms with E-state index < -0.39 is 5.97 Å². The van der Waals surface area contributed by atoms with Crippen LogP contribution in [0.1, 0.15) is 6.42 Å². The summed E-state index contributed by atoms with van der Waals surface area (Å²) < 4.78 is 16.0. The molecule has 1 aromatic carbocycles. The molecule has 2 rings (SSSR count). The lowest BCUT2D eigenvalue weighted by molar-refractivity contribution is -0.136. The summed E-state index contributed by atoms with van der Waals surface area (Å²) in [6.45, 7) is 0.248. The van der Waals surface area contributed by atoms with E-state index in [0.29, 0.717) is 34.0 Å². The van der Waals surface area contributed by atoms with Gasteiger partial charge in [-0.1, -0.05) is 0 Å². The summed E-state index contributed by atoms with van der Waals surface area (Å²) in [5, 5.41) is 12.3. The van der Waals surface area contributed by atoms with Crippen molar-refractivity contribution < 1.29 is 24.1 Å². The third kappa shape index (κ3) is 2.95. The van der Waals surface area contributed by atoms with Crippen molar-refractivity contribution in [2.45, 2.75) is 6.42 Å². The van der Waals surface area contributed by atoms with Crippen LogP contribution < -0.4 is 19.5 Å².